The molecule has 0 aromatic heterocycles. The zero-order valence-corrected chi connectivity index (χ0v) is 9.47. The van der Waals surface area contributed by atoms with Crippen LogP contribution in [0.2, 0.25) is 0 Å². The number of hydrogen-bond donors (Lipinski definition) is 1. The van der Waals surface area contributed by atoms with Gasteiger partial charge in [-0.2, -0.15) is 0 Å². The van der Waals surface area contributed by atoms with Crippen LogP contribution in [0.15, 0.2) is 43.0 Å². The van der Waals surface area contributed by atoms with Gasteiger partial charge in [-0.05, 0) is 19.0 Å². The van der Waals surface area contributed by atoms with Crippen LogP contribution >= 0.6 is 0 Å². The van der Waals surface area contributed by atoms with Crippen molar-refractivity contribution in [2.75, 3.05) is 7.05 Å². The van der Waals surface area contributed by atoms with Crippen molar-refractivity contribution in [3.63, 3.8) is 0 Å². The Labute approximate surface area is 96.0 Å². The molecule has 3 heteroatoms. The zero-order valence-electron chi connectivity index (χ0n) is 9.47. The van der Waals surface area contributed by atoms with Crippen molar-refractivity contribution in [2.45, 2.75) is 19.0 Å². The molecule has 0 saturated carbocycles. The lowest BCUT2D eigenvalue weighted by atomic mass is 10.1. The van der Waals surface area contributed by atoms with Crippen LogP contribution in [-0.2, 0) is 11.3 Å². The van der Waals surface area contributed by atoms with Gasteiger partial charge in [0, 0.05) is 6.54 Å². The number of hydrogen-bond acceptors (Lipinski definition) is 2. The van der Waals surface area contributed by atoms with Gasteiger partial charge in [0.2, 0.25) is 0 Å². The van der Waals surface area contributed by atoms with Crippen LogP contribution in [0.1, 0.15) is 12.0 Å². The van der Waals surface area contributed by atoms with Gasteiger partial charge < -0.3 is 5.11 Å². The SMILES string of the molecule is C=CC[C@@H](C(=O)O)N(C)Cc1ccccc1. The van der Waals surface area contributed by atoms with E-state index in [9.17, 15) is 4.79 Å². The zero-order chi connectivity index (χ0) is 12.0. The molecule has 3 nitrogen and oxygen atoms in total. The van der Waals surface area contributed by atoms with Crippen molar-refractivity contribution < 1.29 is 9.90 Å². The molecule has 0 aliphatic carbocycles. The van der Waals surface area contributed by atoms with Crippen LogP contribution < -0.4 is 0 Å². The molecule has 0 aliphatic heterocycles. The van der Waals surface area contributed by atoms with Crippen molar-refractivity contribution >= 4 is 5.97 Å². The topological polar surface area (TPSA) is 40.5 Å². The van der Waals surface area contributed by atoms with E-state index in [0.717, 1.165) is 5.56 Å². The highest BCUT2D eigenvalue weighted by atomic mass is 16.4. The van der Waals surface area contributed by atoms with Crippen LogP contribution in [0.3, 0.4) is 0 Å². The van der Waals surface area contributed by atoms with E-state index in [1.807, 2.05) is 42.3 Å². The van der Waals surface area contributed by atoms with Gasteiger partial charge in [0.1, 0.15) is 6.04 Å². The van der Waals surface area contributed by atoms with Gasteiger partial charge in [-0.1, -0.05) is 36.4 Å². The van der Waals surface area contributed by atoms with E-state index >= 15 is 0 Å². The number of carboxylic acids is 1. The Bertz CT molecular complexity index is 348. The Morgan fingerprint density at radius 2 is 2.12 bits per heavy atom. The molecule has 0 saturated heterocycles. The Hall–Kier alpha value is -1.61. The highest BCUT2D eigenvalue weighted by molar-refractivity contribution is 5.73. The summed E-state index contributed by atoms with van der Waals surface area (Å²) in [6.07, 6.45) is 2.10. The fraction of sp³-hybridized carbons (Fsp3) is 0.308. The van der Waals surface area contributed by atoms with E-state index in [-0.39, 0.29) is 0 Å². The average molecular weight is 219 g/mol. The fourth-order valence-corrected chi connectivity index (χ4v) is 1.61. The van der Waals surface area contributed by atoms with E-state index in [1.165, 1.54) is 0 Å². The van der Waals surface area contributed by atoms with Gasteiger partial charge >= 0.3 is 5.97 Å². The van der Waals surface area contributed by atoms with Crippen LogP contribution in [0.5, 0.6) is 0 Å². The fourth-order valence-electron chi connectivity index (χ4n) is 1.61. The first kappa shape index (κ1) is 12.5. The highest BCUT2D eigenvalue weighted by Gasteiger charge is 2.20. The molecule has 0 aliphatic rings. The highest BCUT2D eigenvalue weighted by Crippen LogP contribution is 2.09. The molecule has 0 unspecified atom stereocenters. The van der Waals surface area contributed by atoms with Gasteiger partial charge in [0.05, 0.1) is 0 Å². The molecule has 0 heterocycles. The number of aliphatic carboxylic acids is 1. The Morgan fingerprint density at radius 3 is 2.62 bits per heavy atom. The Kier molecular flexibility index (Phi) is 4.73. The molecule has 0 spiro atoms. The monoisotopic (exact) mass is 219 g/mol. The van der Waals surface area contributed by atoms with Crippen molar-refractivity contribution in [3.8, 4) is 0 Å². The van der Waals surface area contributed by atoms with Crippen molar-refractivity contribution in [1.82, 2.24) is 4.90 Å². The van der Waals surface area contributed by atoms with E-state index in [1.54, 1.807) is 6.08 Å². The predicted molar refractivity (Wildman–Crippen MR) is 64.1 cm³/mol. The first-order valence-electron chi connectivity index (χ1n) is 5.23. The number of nitrogens with zero attached hydrogens (tertiary/aromatic N) is 1. The quantitative estimate of drug-likeness (QED) is 0.745. The van der Waals surface area contributed by atoms with Gasteiger partial charge in [-0.3, -0.25) is 9.69 Å². The molecule has 0 amide bonds. The lowest BCUT2D eigenvalue weighted by Crippen LogP contribution is -2.37. The molecular formula is C13H17NO2. The van der Waals surface area contributed by atoms with E-state index in [0.29, 0.717) is 13.0 Å². The number of carboxylic acid groups (broad SMARTS) is 1. The lowest BCUT2D eigenvalue weighted by Gasteiger charge is -2.23. The maximum atomic E-state index is 11.0. The minimum Gasteiger partial charge on any atom is -0.480 e. The second kappa shape index (κ2) is 6.08. The van der Waals surface area contributed by atoms with E-state index in [2.05, 4.69) is 6.58 Å². The third-order valence-electron chi connectivity index (χ3n) is 2.48. The third-order valence-corrected chi connectivity index (χ3v) is 2.48. The minimum absolute atomic E-state index is 0.457. The summed E-state index contributed by atoms with van der Waals surface area (Å²) in [4.78, 5) is 12.9. The van der Waals surface area contributed by atoms with Crippen LogP contribution in [0.4, 0.5) is 0 Å². The third kappa shape index (κ3) is 3.51. The number of carbonyl (C=O) groups is 1. The largest absolute Gasteiger partial charge is 0.480 e. The predicted octanol–water partition coefficient (Wildman–Crippen LogP) is 2.15. The maximum Gasteiger partial charge on any atom is 0.321 e. The molecule has 1 aromatic rings. The first-order chi connectivity index (χ1) is 7.65. The first-order valence-corrected chi connectivity index (χ1v) is 5.23. The van der Waals surface area contributed by atoms with Crippen molar-refractivity contribution in [2.24, 2.45) is 0 Å². The standard InChI is InChI=1S/C13H17NO2/c1-3-7-12(13(15)16)14(2)10-11-8-5-4-6-9-11/h3-6,8-9,12H,1,7,10H2,2H3,(H,15,16)/t12-/m0/s1. The smallest absolute Gasteiger partial charge is 0.321 e. The van der Waals surface area contributed by atoms with Gasteiger partial charge in [0.25, 0.3) is 0 Å². The second-order valence-corrected chi connectivity index (χ2v) is 3.78. The molecule has 1 atom stereocenters. The molecule has 0 radical (unpaired) electrons. The summed E-state index contributed by atoms with van der Waals surface area (Å²) in [5.41, 5.74) is 1.11. The maximum absolute atomic E-state index is 11.0. The summed E-state index contributed by atoms with van der Waals surface area (Å²) in [6, 6.07) is 9.32. The lowest BCUT2D eigenvalue weighted by molar-refractivity contribution is -0.142. The molecule has 0 bridgehead atoms. The summed E-state index contributed by atoms with van der Waals surface area (Å²) in [5, 5.41) is 9.06. The van der Waals surface area contributed by atoms with Gasteiger partial charge in [-0.15, -0.1) is 6.58 Å². The minimum atomic E-state index is -0.807. The summed E-state index contributed by atoms with van der Waals surface area (Å²) in [6.45, 7) is 4.21. The molecule has 0 fully saturated rings. The molecule has 1 aromatic carbocycles. The van der Waals surface area contributed by atoms with Gasteiger partial charge in [0.15, 0.2) is 0 Å². The molecule has 16 heavy (non-hydrogen) atoms. The van der Waals surface area contributed by atoms with Crippen LogP contribution in [0, 0.1) is 0 Å². The Balaban J connectivity index is 2.65. The number of benzene rings is 1. The summed E-state index contributed by atoms with van der Waals surface area (Å²) < 4.78 is 0. The van der Waals surface area contributed by atoms with E-state index in [4.69, 9.17) is 5.11 Å². The molecule has 86 valence electrons. The van der Waals surface area contributed by atoms with Gasteiger partial charge in [-0.25, -0.2) is 0 Å². The molecule has 1 N–H and O–H groups in total. The second-order valence-electron chi connectivity index (χ2n) is 3.78. The molecular weight excluding hydrogens is 202 g/mol. The Morgan fingerprint density at radius 1 is 1.50 bits per heavy atom. The van der Waals surface area contributed by atoms with E-state index < -0.39 is 12.0 Å². The summed E-state index contributed by atoms with van der Waals surface area (Å²) in [7, 11) is 1.81. The van der Waals surface area contributed by atoms with Crippen LogP contribution in [-0.4, -0.2) is 29.1 Å². The molecule has 1 rings (SSSR count). The van der Waals surface area contributed by atoms with Crippen LogP contribution in [0.25, 0.3) is 0 Å². The average Bonchev–Trinajstić information content (AvgIpc) is 2.26. The number of rotatable bonds is 6. The summed E-state index contributed by atoms with van der Waals surface area (Å²) >= 11 is 0. The van der Waals surface area contributed by atoms with Crippen molar-refractivity contribution in [1.29, 1.82) is 0 Å². The van der Waals surface area contributed by atoms with Crippen molar-refractivity contribution in [3.05, 3.63) is 48.6 Å². The normalized spacial score (nSPS) is 12.4. The summed E-state index contributed by atoms with van der Waals surface area (Å²) in [5.74, 6) is -0.807. The number of likely N-dealkylation sites (N-methyl/N-ethyl adjacent to an activating group) is 1.